The van der Waals surface area contributed by atoms with E-state index in [0.29, 0.717) is 0 Å². The SMILES string of the molecule is Cc1ccc(C)c(C2(O)CSC2)c1. The van der Waals surface area contributed by atoms with Crippen LogP contribution < -0.4 is 0 Å². The second-order valence-electron chi connectivity index (χ2n) is 3.84. The molecule has 1 heterocycles. The Bertz CT molecular complexity index is 329. The molecule has 70 valence electrons. The molecule has 0 radical (unpaired) electrons. The van der Waals surface area contributed by atoms with E-state index >= 15 is 0 Å². The molecule has 1 nitrogen and oxygen atoms in total. The first-order valence-corrected chi connectivity index (χ1v) is 5.65. The minimum Gasteiger partial charge on any atom is -0.383 e. The van der Waals surface area contributed by atoms with Gasteiger partial charge in [-0.05, 0) is 25.0 Å². The van der Waals surface area contributed by atoms with Gasteiger partial charge in [0.05, 0.1) is 0 Å². The van der Waals surface area contributed by atoms with E-state index in [1.807, 2.05) is 0 Å². The molecule has 0 aliphatic carbocycles. The van der Waals surface area contributed by atoms with Crippen LogP contribution in [0.15, 0.2) is 18.2 Å². The van der Waals surface area contributed by atoms with Crippen molar-refractivity contribution in [2.24, 2.45) is 0 Å². The van der Waals surface area contributed by atoms with Crippen molar-refractivity contribution in [1.82, 2.24) is 0 Å². The summed E-state index contributed by atoms with van der Waals surface area (Å²) in [6, 6.07) is 6.29. The summed E-state index contributed by atoms with van der Waals surface area (Å²) in [6.07, 6.45) is 0. The average Bonchev–Trinajstić information content (AvgIpc) is 2.05. The molecule has 1 saturated heterocycles. The van der Waals surface area contributed by atoms with Crippen molar-refractivity contribution in [2.75, 3.05) is 11.5 Å². The van der Waals surface area contributed by atoms with E-state index in [-0.39, 0.29) is 0 Å². The normalized spacial score (nSPS) is 19.6. The standard InChI is InChI=1S/C11H14OS/c1-8-3-4-9(2)10(5-8)11(12)6-13-7-11/h3-5,12H,6-7H2,1-2H3. The molecule has 2 rings (SSSR count). The summed E-state index contributed by atoms with van der Waals surface area (Å²) in [7, 11) is 0. The topological polar surface area (TPSA) is 20.2 Å². The van der Waals surface area contributed by atoms with E-state index in [9.17, 15) is 5.11 Å². The Kier molecular flexibility index (Phi) is 2.12. The molecule has 1 aromatic rings. The molecule has 1 N–H and O–H groups in total. The zero-order chi connectivity index (χ0) is 9.47. The van der Waals surface area contributed by atoms with E-state index < -0.39 is 5.60 Å². The highest BCUT2D eigenvalue weighted by molar-refractivity contribution is 8.00. The molecular weight excluding hydrogens is 180 g/mol. The Hall–Kier alpha value is -0.470. The van der Waals surface area contributed by atoms with Crippen LogP contribution in [0.2, 0.25) is 0 Å². The fraction of sp³-hybridized carbons (Fsp3) is 0.455. The number of benzene rings is 1. The van der Waals surface area contributed by atoms with E-state index in [1.165, 1.54) is 11.1 Å². The molecular formula is C11H14OS. The first-order chi connectivity index (χ1) is 6.12. The predicted molar refractivity (Wildman–Crippen MR) is 57.1 cm³/mol. The summed E-state index contributed by atoms with van der Waals surface area (Å²) in [4.78, 5) is 0. The molecule has 13 heavy (non-hydrogen) atoms. The van der Waals surface area contributed by atoms with Gasteiger partial charge in [-0.25, -0.2) is 0 Å². The molecule has 0 bridgehead atoms. The number of hydrogen-bond acceptors (Lipinski definition) is 2. The van der Waals surface area contributed by atoms with Gasteiger partial charge in [-0.15, -0.1) is 0 Å². The van der Waals surface area contributed by atoms with Crippen LogP contribution in [0.1, 0.15) is 16.7 Å². The minimum absolute atomic E-state index is 0.541. The van der Waals surface area contributed by atoms with E-state index in [4.69, 9.17) is 0 Å². The number of rotatable bonds is 1. The van der Waals surface area contributed by atoms with E-state index in [1.54, 1.807) is 11.8 Å². The predicted octanol–water partition coefficient (Wildman–Crippen LogP) is 2.24. The first-order valence-electron chi connectivity index (χ1n) is 4.50. The molecule has 0 aromatic heterocycles. The van der Waals surface area contributed by atoms with Crippen LogP contribution >= 0.6 is 11.8 Å². The lowest BCUT2D eigenvalue weighted by Gasteiger charge is -2.37. The summed E-state index contributed by atoms with van der Waals surface area (Å²) >= 11 is 1.80. The van der Waals surface area contributed by atoms with Crippen molar-refractivity contribution in [3.05, 3.63) is 34.9 Å². The van der Waals surface area contributed by atoms with Gasteiger partial charge in [0, 0.05) is 11.5 Å². The monoisotopic (exact) mass is 194 g/mol. The highest BCUT2D eigenvalue weighted by atomic mass is 32.2. The highest BCUT2D eigenvalue weighted by Crippen LogP contribution is 2.39. The minimum atomic E-state index is -0.541. The lowest BCUT2D eigenvalue weighted by atomic mass is 9.91. The van der Waals surface area contributed by atoms with Gasteiger partial charge in [0.15, 0.2) is 0 Å². The maximum atomic E-state index is 10.2. The Morgan fingerprint density at radius 1 is 1.31 bits per heavy atom. The molecule has 0 amide bonds. The zero-order valence-corrected chi connectivity index (χ0v) is 8.82. The second-order valence-corrected chi connectivity index (χ2v) is 4.83. The van der Waals surface area contributed by atoms with Crippen LogP contribution in [0.5, 0.6) is 0 Å². The van der Waals surface area contributed by atoms with Gasteiger partial charge in [-0.1, -0.05) is 23.8 Å². The van der Waals surface area contributed by atoms with Crippen LogP contribution in [-0.4, -0.2) is 16.6 Å². The van der Waals surface area contributed by atoms with Crippen LogP contribution in [0.4, 0.5) is 0 Å². The van der Waals surface area contributed by atoms with Crippen LogP contribution in [0, 0.1) is 13.8 Å². The van der Waals surface area contributed by atoms with Crippen LogP contribution in [0.25, 0.3) is 0 Å². The molecule has 2 heteroatoms. The van der Waals surface area contributed by atoms with Gasteiger partial charge in [-0.3, -0.25) is 0 Å². The summed E-state index contributed by atoms with van der Waals surface area (Å²) < 4.78 is 0. The zero-order valence-electron chi connectivity index (χ0n) is 8.00. The molecule has 1 aliphatic rings. The maximum Gasteiger partial charge on any atom is 0.108 e. The Morgan fingerprint density at radius 3 is 2.54 bits per heavy atom. The largest absolute Gasteiger partial charge is 0.383 e. The van der Waals surface area contributed by atoms with E-state index in [0.717, 1.165) is 17.1 Å². The first kappa shape index (κ1) is 9.10. The Morgan fingerprint density at radius 2 is 2.00 bits per heavy atom. The molecule has 0 atom stereocenters. The molecule has 1 fully saturated rings. The van der Waals surface area contributed by atoms with Crippen LogP contribution in [-0.2, 0) is 5.60 Å². The van der Waals surface area contributed by atoms with Crippen molar-refractivity contribution in [3.8, 4) is 0 Å². The fourth-order valence-corrected chi connectivity index (χ4v) is 2.59. The van der Waals surface area contributed by atoms with Gasteiger partial charge in [0.25, 0.3) is 0 Å². The molecule has 0 spiro atoms. The van der Waals surface area contributed by atoms with Crippen molar-refractivity contribution in [3.63, 3.8) is 0 Å². The lowest BCUT2D eigenvalue weighted by Crippen LogP contribution is -2.40. The highest BCUT2D eigenvalue weighted by Gasteiger charge is 2.38. The van der Waals surface area contributed by atoms with Crippen molar-refractivity contribution in [2.45, 2.75) is 19.4 Å². The number of aryl methyl sites for hydroxylation is 2. The van der Waals surface area contributed by atoms with Crippen molar-refractivity contribution < 1.29 is 5.11 Å². The lowest BCUT2D eigenvalue weighted by molar-refractivity contribution is 0.0761. The summed E-state index contributed by atoms with van der Waals surface area (Å²) in [5.74, 6) is 1.69. The maximum absolute atomic E-state index is 10.2. The third-order valence-electron chi connectivity index (χ3n) is 2.58. The van der Waals surface area contributed by atoms with Gasteiger partial charge < -0.3 is 5.11 Å². The average molecular weight is 194 g/mol. The number of aliphatic hydroxyl groups is 1. The molecule has 0 saturated carbocycles. The Balaban J connectivity index is 2.43. The number of thioether (sulfide) groups is 1. The second kappa shape index (κ2) is 3.03. The van der Waals surface area contributed by atoms with Gasteiger partial charge >= 0.3 is 0 Å². The van der Waals surface area contributed by atoms with Gasteiger partial charge in [0.2, 0.25) is 0 Å². The van der Waals surface area contributed by atoms with Crippen molar-refractivity contribution in [1.29, 1.82) is 0 Å². The third kappa shape index (κ3) is 1.49. The summed E-state index contributed by atoms with van der Waals surface area (Å²) in [6.45, 7) is 4.13. The third-order valence-corrected chi connectivity index (χ3v) is 3.94. The Labute approximate surface area is 83.2 Å². The van der Waals surface area contributed by atoms with E-state index in [2.05, 4.69) is 32.0 Å². The van der Waals surface area contributed by atoms with Crippen LogP contribution in [0.3, 0.4) is 0 Å². The smallest absolute Gasteiger partial charge is 0.108 e. The summed E-state index contributed by atoms with van der Waals surface area (Å²) in [5.41, 5.74) is 3.01. The van der Waals surface area contributed by atoms with Gasteiger partial charge in [-0.2, -0.15) is 11.8 Å². The fourth-order valence-electron chi connectivity index (χ4n) is 1.69. The molecule has 1 aliphatic heterocycles. The number of hydrogen-bond donors (Lipinski definition) is 1. The van der Waals surface area contributed by atoms with Crippen molar-refractivity contribution >= 4 is 11.8 Å². The molecule has 0 unspecified atom stereocenters. The molecule has 1 aromatic carbocycles. The van der Waals surface area contributed by atoms with Gasteiger partial charge in [0.1, 0.15) is 5.60 Å². The summed E-state index contributed by atoms with van der Waals surface area (Å²) in [5, 5.41) is 10.2. The quantitative estimate of drug-likeness (QED) is 0.740.